The van der Waals surface area contributed by atoms with E-state index in [0.29, 0.717) is 21.3 Å². The molecule has 7 aliphatic heterocycles. The molecule has 0 spiro atoms. The average Bonchev–Trinajstić information content (AvgIpc) is 1.79. The van der Waals surface area contributed by atoms with E-state index in [1.807, 2.05) is 99.0 Å². The normalized spacial score (nSPS) is 19.5. The molecule has 0 radical (unpaired) electrons. The molecule has 7 aromatic rings. The van der Waals surface area contributed by atoms with Crippen molar-refractivity contribution in [3.05, 3.63) is 210 Å². The number of aryl methyl sites for hydroxylation is 1. The fraction of sp³-hybridized carbons (Fsp3) is 0.552. The number of hydrogen-bond donors (Lipinski definition) is 0. The van der Waals surface area contributed by atoms with Gasteiger partial charge in [0.2, 0.25) is 11.5 Å². The lowest BCUT2D eigenvalue weighted by Crippen LogP contribution is -2.46. The molecule has 15 nitrogen and oxygen atoms in total. The van der Waals surface area contributed by atoms with Crippen LogP contribution in [-0.2, 0) is 29.1 Å². The first-order chi connectivity index (χ1) is 49.3. The minimum absolute atomic E-state index is 0.113. The molecule has 556 valence electrons. The number of hydrogen-bond acceptors (Lipinski definition) is 8. The summed E-state index contributed by atoms with van der Waals surface area (Å²) >= 11 is 0. The van der Waals surface area contributed by atoms with Gasteiger partial charge < -0.3 is 40.7 Å². The van der Waals surface area contributed by atoms with Crippen LogP contribution in [0.5, 0.6) is 0 Å². The Morgan fingerprint density at radius 1 is 0.343 bits per heavy atom. The van der Waals surface area contributed by atoms with Gasteiger partial charge in [-0.2, -0.15) is 0 Å². The third kappa shape index (κ3) is 27.4. The number of amides is 2. The van der Waals surface area contributed by atoms with Crippen LogP contribution in [0.3, 0.4) is 0 Å². The summed E-state index contributed by atoms with van der Waals surface area (Å²) in [6.45, 7) is 24.6. The third-order valence-corrected chi connectivity index (χ3v) is 22.8. The van der Waals surface area contributed by atoms with Gasteiger partial charge in [-0.1, -0.05) is 109 Å². The van der Waals surface area contributed by atoms with Crippen molar-refractivity contribution in [1.82, 2.24) is 4.48 Å². The highest BCUT2D eigenvalue weighted by atomic mass is 16.5. The van der Waals surface area contributed by atoms with Crippen molar-refractivity contribution in [2.45, 2.75) is 135 Å². The zero-order chi connectivity index (χ0) is 72.3. The fourth-order valence-electron chi connectivity index (χ4n) is 15.9. The summed E-state index contributed by atoms with van der Waals surface area (Å²) < 4.78 is 34.1. The monoisotopic (exact) mass is 1400 g/mol. The molecule has 4 aromatic carbocycles. The molecule has 14 rings (SSSR count). The van der Waals surface area contributed by atoms with Crippen molar-refractivity contribution in [3.63, 3.8) is 0 Å². The summed E-state index contributed by atoms with van der Waals surface area (Å²) in [7, 11) is 15.6. The summed E-state index contributed by atoms with van der Waals surface area (Å²) in [4.78, 5) is 36.0. The lowest BCUT2D eigenvalue weighted by atomic mass is 10.1. The highest BCUT2D eigenvalue weighted by Crippen LogP contribution is 2.28. The maximum atomic E-state index is 12.1. The van der Waals surface area contributed by atoms with Crippen LogP contribution in [0.1, 0.15) is 164 Å². The Balaban J connectivity index is 0.000000152. The number of nitrogens with zero attached hydrogens (tertiary/aromatic N) is 7. The zero-order valence-electron chi connectivity index (χ0n) is 64.1. The van der Waals surface area contributed by atoms with Crippen molar-refractivity contribution in [2.24, 2.45) is 0 Å². The molecule has 15 heteroatoms. The topological polar surface area (TPSA) is 109 Å². The highest BCUT2D eigenvalue weighted by Gasteiger charge is 2.39. The van der Waals surface area contributed by atoms with Gasteiger partial charge in [-0.15, -0.1) is 0 Å². The van der Waals surface area contributed by atoms with Gasteiger partial charge in [0.1, 0.15) is 18.8 Å². The first kappa shape index (κ1) is 81.0. The predicted octanol–water partition coefficient (Wildman–Crippen LogP) is 16.4. The number of carbonyl (C=O) groups is 3. The van der Waals surface area contributed by atoms with Gasteiger partial charge in [0.05, 0.1) is 198 Å². The number of Topliss-reactive ketones (excluding diaryl/α,β-unsaturated/α-hetero) is 1. The number of benzene rings is 4. The zero-order valence-corrected chi connectivity index (χ0v) is 64.1. The van der Waals surface area contributed by atoms with Crippen LogP contribution < -0.4 is 4.48 Å². The molecule has 0 bridgehead atoms. The van der Waals surface area contributed by atoms with Crippen LogP contribution in [0.4, 0.5) is 5.88 Å². The van der Waals surface area contributed by atoms with Crippen molar-refractivity contribution < 1.29 is 64.0 Å². The van der Waals surface area contributed by atoms with Crippen molar-refractivity contribution >= 4 is 23.5 Å². The van der Waals surface area contributed by atoms with E-state index >= 15 is 0 Å². The maximum absolute atomic E-state index is 12.1. The number of likely N-dealkylation sites (N-methyl/N-ethyl adjacent to an activating group) is 2. The van der Waals surface area contributed by atoms with Crippen LogP contribution in [0.25, 0.3) is 0 Å². The molecule has 10 heterocycles. The van der Waals surface area contributed by atoms with E-state index < -0.39 is 0 Å². The molecular weight excluding hydrogens is 1270 g/mol. The van der Waals surface area contributed by atoms with Crippen molar-refractivity contribution in [2.75, 3.05) is 180 Å². The minimum Gasteiger partial charge on any atom is -0.469 e. The second kappa shape index (κ2) is 41.8. The lowest BCUT2D eigenvalue weighted by Gasteiger charge is -2.29. The van der Waals surface area contributed by atoms with Crippen LogP contribution in [0, 0.1) is 0 Å². The van der Waals surface area contributed by atoms with Gasteiger partial charge >= 0.3 is 11.8 Å². The Bertz CT molecular complexity index is 3360. The van der Waals surface area contributed by atoms with Crippen molar-refractivity contribution in [3.8, 4) is 0 Å². The second-order valence-electron chi connectivity index (χ2n) is 32.1. The highest BCUT2D eigenvalue weighted by molar-refractivity contribution is 5.97. The Morgan fingerprint density at radius 3 is 1.20 bits per heavy atom. The number of ketones is 1. The van der Waals surface area contributed by atoms with E-state index in [0.717, 1.165) is 123 Å². The SMILES string of the molecule is C[N+]1(C(=O)c2ccccc2)CCCC1.C[N+]1(C(=O)c2ccco2)CCCC1.C[N+]1(CC(=O)c2ccccc2)CCCC1.C[N+]1(CCCCOCc2ccccc2)CCCC1.C[N+]1(CCCCc2ccco2)CCCC1.C[N+]1(CCOCc2ccccc2)CCCC1.C[N+]1(c2ccco2)CCCC1. The molecule has 0 unspecified atom stereocenters. The molecule has 7 fully saturated rings. The largest absolute Gasteiger partial charge is 0.469 e. The van der Waals surface area contributed by atoms with Crippen molar-refractivity contribution in [1.29, 1.82) is 0 Å². The Hall–Kier alpha value is -6.63. The first-order valence-corrected chi connectivity index (χ1v) is 39.3. The Kier molecular flexibility index (Phi) is 33.2. The molecule has 0 atom stereocenters. The van der Waals surface area contributed by atoms with Gasteiger partial charge in [0, 0.05) is 115 Å². The minimum atomic E-state index is 0.113. The molecule has 102 heavy (non-hydrogen) atoms. The number of carbonyl (C=O) groups excluding carboxylic acids is 3. The van der Waals surface area contributed by atoms with E-state index in [1.165, 1.54) is 193 Å². The lowest BCUT2D eigenvalue weighted by molar-refractivity contribution is -0.898. The fourth-order valence-corrected chi connectivity index (χ4v) is 15.9. The molecule has 0 aliphatic carbocycles. The van der Waals surface area contributed by atoms with Crippen LogP contribution >= 0.6 is 0 Å². The van der Waals surface area contributed by atoms with E-state index in [2.05, 4.69) is 95.9 Å². The Labute approximate surface area is 614 Å². The van der Waals surface area contributed by atoms with Gasteiger partial charge in [-0.3, -0.25) is 18.2 Å². The van der Waals surface area contributed by atoms with Gasteiger partial charge in [0.15, 0.2) is 0 Å². The van der Waals surface area contributed by atoms with Crippen LogP contribution in [0.15, 0.2) is 190 Å². The van der Waals surface area contributed by atoms with Gasteiger partial charge in [0.25, 0.3) is 5.88 Å². The molecule has 2 amide bonds. The third-order valence-electron chi connectivity index (χ3n) is 22.8. The molecule has 0 saturated carbocycles. The summed E-state index contributed by atoms with van der Waals surface area (Å²) in [5.74, 6) is 3.40. The molecule has 0 N–H and O–H groups in total. The number of likely N-dealkylation sites (tertiary alicyclic amines) is 7. The summed E-state index contributed by atoms with van der Waals surface area (Å²) in [5, 5.41) is 0. The van der Waals surface area contributed by atoms with Crippen LogP contribution in [0.2, 0.25) is 0 Å². The molecule has 7 saturated heterocycles. The van der Waals surface area contributed by atoms with E-state index in [1.54, 1.807) is 30.9 Å². The number of ether oxygens (including phenoxy) is 2. The number of rotatable bonds is 23. The van der Waals surface area contributed by atoms with Gasteiger partial charge in [-0.25, -0.2) is 9.59 Å². The quantitative estimate of drug-likeness (QED) is 0.0354. The van der Waals surface area contributed by atoms with E-state index in [-0.39, 0.29) is 17.6 Å². The van der Waals surface area contributed by atoms with E-state index in [9.17, 15) is 14.4 Å². The molecule has 3 aromatic heterocycles. The Morgan fingerprint density at radius 2 is 0.735 bits per heavy atom. The summed E-state index contributed by atoms with van der Waals surface area (Å²) in [6.07, 6.45) is 29.5. The molecular formula is C87H132N7O8+7. The first-order valence-electron chi connectivity index (χ1n) is 39.3. The predicted molar refractivity (Wildman–Crippen MR) is 413 cm³/mol. The van der Waals surface area contributed by atoms with Gasteiger partial charge in [-0.05, 0) is 79.3 Å². The summed E-state index contributed by atoms with van der Waals surface area (Å²) in [5.41, 5.74) is 4.24. The number of unbranched alkanes of at least 4 members (excludes halogenated alkanes) is 2. The average molecular weight is 1400 g/mol. The number of furan rings is 3. The molecule has 7 aliphatic rings. The van der Waals surface area contributed by atoms with E-state index in [4.69, 9.17) is 22.7 Å². The van der Waals surface area contributed by atoms with Crippen LogP contribution in [-0.4, -0.2) is 225 Å². The smallest absolute Gasteiger partial charge is 0.381 e. The maximum Gasteiger partial charge on any atom is 0.381 e. The second-order valence-corrected chi connectivity index (χ2v) is 32.1. The standard InChI is InChI=1S/C16H26NO.C14H22NO.C13H22NO.C13H18NO.C12H16NO.C10H14NO2.C9H14NO/c1-17(11-5-6-12-17)13-7-8-14-18-15-16-9-3-2-4-10-16;1-15(9-5-6-10-15)11-12-16-13-14-7-3-2-4-8-14;1-14(10-4-5-11-14)9-3-2-7-13-8-6-12-15-13;1-14(9-5-6-10-14)11-13(15)12-7-3-2-4-8-12;1-13(9-5-6-10-13)12(14)11-7-3-2-4-8-11;1-11(6-2-3-7-11)10(12)9-5-4-8-13-9;1-10(6-2-3-7-10)9-5-4-8-11-9/h2-4,9-10H,5-8,11-15H2,1H3;2-4,7-8H,5-6,9-13H2,1H3;6,8,12H,2-5,7,9-11H2,1H3;2-4,7-8H,5-6,9-11H2,1H3;2-4,7-8H,5-6,9-10H2,1H3;4-5,8H,2-3,6-7H2,1H3;4-5,8H,2-3,6-7H2,1H3/q7*+1. The number of quaternary nitrogens is 7. The summed E-state index contributed by atoms with van der Waals surface area (Å²) in [6, 6.07) is 51.6.